The van der Waals surface area contributed by atoms with Crippen LogP contribution >= 0.6 is 0 Å². The number of benzene rings is 1. The number of methoxy groups -OCH3 is 1. The molecule has 0 aromatic heterocycles. The van der Waals surface area contributed by atoms with Crippen molar-refractivity contribution >= 4 is 11.7 Å². The fourth-order valence-corrected chi connectivity index (χ4v) is 6.96. The highest BCUT2D eigenvalue weighted by molar-refractivity contribution is 5.75. The van der Waals surface area contributed by atoms with Crippen LogP contribution in [-0.2, 0) is 9.53 Å². The SMILES string of the molecule is C=C1CCC[C@]2(C)C[C@H]3OC(=O)[C@H](C[NH+]4CCN(c5ccccc5OC)CC4)[C@H]3C[C@@H]12. The van der Waals surface area contributed by atoms with Crippen molar-refractivity contribution in [2.45, 2.75) is 45.1 Å². The summed E-state index contributed by atoms with van der Waals surface area (Å²) in [5.41, 5.74) is 2.87. The predicted molar refractivity (Wildman–Crippen MR) is 121 cm³/mol. The van der Waals surface area contributed by atoms with Crippen molar-refractivity contribution in [3.63, 3.8) is 0 Å². The van der Waals surface area contributed by atoms with Gasteiger partial charge in [-0.1, -0.05) is 31.2 Å². The molecule has 2 aliphatic carbocycles. The molecule has 2 saturated heterocycles. The van der Waals surface area contributed by atoms with Crippen LogP contribution in [0.25, 0.3) is 0 Å². The van der Waals surface area contributed by atoms with Crippen LogP contribution in [0.5, 0.6) is 5.75 Å². The third-order valence-electron chi connectivity index (χ3n) is 8.72. The van der Waals surface area contributed by atoms with Crippen molar-refractivity contribution in [2.75, 3.05) is 44.7 Å². The molecule has 1 N–H and O–H groups in total. The predicted octanol–water partition coefficient (Wildman–Crippen LogP) is 2.71. The molecular formula is C26H37N2O3+. The van der Waals surface area contributed by atoms with E-state index in [0.29, 0.717) is 11.8 Å². The fraction of sp³-hybridized carbons (Fsp3) is 0.654. The Kier molecular flexibility index (Phi) is 5.49. The van der Waals surface area contributed by atoms with E-state index in [4.69, 9.17) is 9.47 Å². The highest BCUT2D eigenvalue weighted by Gasteiger charge is 2.56. The number of anilines is 1. The second kappa shape index (κ2) is 8.16. The zero-order chi connectivity index (χ0) is 21.6. The van der Waals surface area contributed by atoms with Crippen molar-refractivity contribution in [1.82, 2.24) is 0 Å². The first-order chi connectivity index (χ1) is 15.0. The lowest BCUT2D eigenvalue weighted by molar-refractivity contribution is -0.903. The Hall–Kier alpha value is -2.01. The molecule has 4 fully saturated rings. The number of allylic oxidation sites excluding steroid dienone is 1. The van der Waals surface area contributed by atoms with Crippen LogP contribution in [0.4, 0.5) is 5.69 Å². The maximum Gasteiger partial charge on any atom is 0.315 e. The first-order valence-electron chi connectivity index (χ1n) is 12.1. The molecule has 0 spiro atoms. The lowest BCUT2D eigenvalue weighted by Crippen LogP contribution is -3.15. The summed E-state index contributed by atoms with van der Waals surface area (Å²) in [4.78, 5) is 16.8. The van der Waals surface area contributed by atoms with Gasteiger partial charge in [0.15, 0.2) is 0 Å². The smallest absolute Gasteiger partial charge is 0.315 e. The first-order valence-corrected chi connectivity index (χ1v) is 12.1. The molecule has 0 bridgehead atoms. The van der Waals surface area contributed by atoms with E-state index in [2.05, 4.69) is 30.5 Å². The van der Waals surface area contributed by atoms with Crippen LogP contribution < -0.4 is 14.5 Å². The Labute approximate surface area is 186 Å². The van der Waals surface area contributed by atoms with Crippen molar-refractivity contribution in [3.05, 3.63) is 36.4 Å². The first kappa shape index (κ1) is 20.9. The minimum Gasteiger partial charge on any atom is -0.495 e. The van der Waals surface area contributed by atoms with Gasteiger partial charge in [0, 0.05) is 5.92 Å². The summed E-state index contributed by atoms with van der Waals surface area (Å²) in [6.45, 7) is 11.8. The van der Waals surface area contributed by atoms with E-state index in [-0.39, 0.29) is 23.4 Å². The molecule has 0 radical (unpaired) electrons. The molecule has 2 aliphatic heterocycles. The summed E-state index contributed by atoms with van der Waals surface area (Å²) in [5, 5.41) is 0. The number of hydrogen-bond donors (Lipinski definition) is 1. The van der Waals surface area contributed by atoms with Gasteiger partial charge in [-0.05, 0) is 55.6 Å². The van der Waals surface area contributed by atoms with E-state index >= 15 is 0 Å². The molecule has 5 nitrogen and oxygen atoms in total. The summed E-state index contributed by atoms with van der Waals surface area (Å²) >= 11 is 0. The van der Waals surface area contributed by atoms with Gasteiger partial charge in [0.2, 0.25) is 0 Å². The second-order valence-corrected chi connectivity index (χ2v) is 10.5. The van der Waals surface area contributed by atoms with Crippen molar-refractivity contribution in [1.29, 1.82) is 0 Å². The van der Waals surface area contributed by atoms with Crippen molar-refractivity contribution < 1.29 is 19.2 Å². The molecule has 0 amide bonds. The van der Waals surface area contributed by atoms with Gasteiger partial charge in [0.05, 0.1) is 45.5 Å². The fourth-order valence-electron chi connectivity index (χ4n) is 6.96. The lowest BCUT2D eigenvalue weighted by Gasteiger charge is -2.50. The Morgan fingerprint density at radius 3 is 2.84 bits per heavy atom. The minimum atomic E-state index is 0.0529. The number of ether oxygens (including phenoxy) is 2. The monoisotopic (exact) mass is 425 g/mol. The number of quaternary nitrogens is 1. The van der Waals surface area contributed by atoms with E-state index in [9.17, 15) is 4.79 Å². The number of carbonyl (C=O) groups excluding carboxylic acids is 1. The maximum atomic E-state index is 12.9. The Morgan fingerprint density at radius 1 is 1.29 bits per heavy atom. The van der Waals surface area contributed by atoms with Gasteiger partial charge in [-0.3, -0.25) is 4.79 Å². The summed E-state index contributed by atoms with van der Waals surface area (Å²) < 4.78 is 11.5. The van der Waals surface area contributed by atoms with Gasteiger partial charge in [0.1, 0.15) is 17.8 Å². The molecule has 168 valence electrons. The largest absolute Gasteiger partial charge is 0.495 e. The molecule has 31 heavy (non-hydrogen) atoms. The Bertz CT molecular complexity index is 847. The number of hydrogen-bond acceptors (Lipinski definition) is 4. The van der Waals surface area contributed by atoms with E-state index < -0.39 is 0 Å². The quantitative estimate of drug-likeness (QED) is 0.595. The van der Waals surface area contributed by atoms with Gasteiger partial charge in [-0.15, -0.1) is 0 Å². The number of para-hydroxylation sites is 2. The van der Waals surface area contributed by atoms with Crippen molar-refractivity contribution in [3.8, 4) is 5.75 Å². The number of nitrogens with zero attached hydrogens (tertiary/aromatic N) is 1. The molecule has 0 unspecified atom stereocenters. The summed E-state index contributed by atoms with van der Waals surface area (Å²) in [5.74, 6) is 1.99. The second-order valence-electron chi connectivity index (χ2n) is 10.5. The summed E-state index contributed by atoms with van der Waals surface area (Å²) in [6, 6.07) is 8.25. The number of rotatable bonds is 4. The standard InChI is InChI=1S/C26H36N2O3/c1-18-7-6-10-26(2)16-24-19(15-21(18)26)20(25(29)31-24)17-27-11-13-28(14-12-27)22-8-4-5-9-23(22)30-3/h4-5,8-9,19-21,24H,1,6-7,10-17H2,2-3H3/p+1/t19-,20-,21+,24-,26-/m1/s1. The molecule has 1 aromatic rings. The average Bonchev–Trinajstić information content (AvgIpc) is 3.06. The van der Waals surface area contributed by atoms with Crippen LogP contribution in [0.1, 0.15) is 39.0 Å². The van der Waals surface area contributed by atoms with E-state index in [1.165, 1.54) is 29.0 Å². The van der Waals surface area contributed by atoms with Crippen molar-refractivity contribution in [2.24, 2.45) is 23.2 Å². The Balaban J connectivity index is 1.23. The number of carbonyl (C=O) groups is 1. The third-order valence-corrected chi connectivity index (χ3v) is 8.72. The normalized spacial score (nSPS) is 36.0. The van der Waals surface area contributed by atoms with Crippen LogP contribution in [0, 0.1) is 23.2 Å². The molecule has 1 aromatic carbocycles. The van der Waals surface area contributed by atoms with E-state index in [1.54, 1.807) is 7.11 Å². The van der Waals surface area contributed by atoms with Gasteiger partial charge >= 0.3 is 5.97 Å². The number of esters is 1. The minimum absolute atomic E-state index is 0.0529. The van der Waals surface area contributed by atoms with Gasteiger partial charge < -0.3 is 19.3 Å². The molecule has 2 heterocycles. The summed E-state index contributed by atoms with van der Waals surface area (Å²) in [7, 11) is 1.73. The molecule has 5 heteroatoms. The molecule has 5 atom stereocenters. The van der Waals surface area contributed by atoms with Crippen LogP contribution in [0.2, 0.25) is 0 Å². The third kappa shape index (κ3) is 3.75. The maximum absolute atomic E-state index is 12.9. The van der Waals surface area contributed by atoms with Gasteiger partial charge in [-0.2, -0.15) is 0 Å². The molecule has 5 rings (SSSR count). The lowest BCUT2D eigenvalue weighted by atomic mass is 9.55. The molecular weight excluding hydrogens is 388 g/mol. The molecule has 4 aliphatic rings. The topological polar surface area (TPSA) is 43.2 Å². The van der Waals surface area contributed by atoms with E-state index in [0.717, 1.165) is 57.7 Å². The highest BCUT2D eigenvalue weighted by atomic mass is 16.6. The number of nitrogens with one attached hydrogen (secondary N) is 1. The number of fused-ring (bicyclic) bond motifs is 2. The van der Waals surface area contributed by atoms with E-state index in [1.807, 2.05) is 12.1 Å². The van der Waals surface area contributed by atoms with Gasteiger partial charge in [-0.25, -0.2) is 0 Å². The number of piperazine rings is 1. The zero-order valence-corrected chi connectivity index (χ0v) is 19.1. The zero-order valence-electron chi connectivity index (χ0n) is 19.1. The van der Waals surface area contributed by atoms with Crippen LogP contribution in [0.3, 0.4) is 0 Å². The highest BCUT2D eigenvalue weighted by Crippen LogP contribution is 2.56. The summed E-state index contributed by atoms with van der Waals surface area (Å²) in [6.07, 6.45) is 5.89. The van der Waals surface area contributed by atoms with Crippen LogP contribution in [-0.4, -0.2) is 51.9 Å². The molecule has 2 saturated carbocycles. The Morgan fingerprint density at radius 2 is 2.06 bits per heavy atom. The van der Waals surface area contributed by atoms with Gasteiger partial charge in [0.25, 0.3) is 0 Å². The van der Waals surface area contributed by atoms with Crippen LogP contribution in [0.15, 0.2) is 36.4 Å². The average molecular weight is 426 g/mol.